The first-order valence-electron chi connectivity index (χ1n) is 9.60. The Morgan fingerprint density at radius 2 is 1.35 bits per heavy atom. The largest absolute Gasteiger partial charge is 0.545 e. The molecule has 0 bridgehead atoms. The minimum atomic E-state index is -1.13. The summed E-state index contributed by atoms with van der Waals surface area (Å²) >= 11 is 0. The van der Waals surface area contributed by atoms with Crippen LogP contribution in [0.1, 0.15) is 55.8 Å². The second kappa shape index (κ2) is 10.6. The topological polar surface area (TPSA) is 67.8 Å². The van der Waals surface area contributed by atoms with E-state index in [2.05, 4.69) is 12.7 Å². The van der Waals surface area contributed by atoms with Gasteiger partial charge in [-0.05, 0) is 40.5 Å². The summed E-state index contributed by atoms with van der Waals surface area (Å²) in [5.41, 5.74) is 4.08. The first kappa shape index (κ1) is 19.9. The maximum absolute atomic E-state index is 11.3. The van der Waals surface area contributed by atoms with Crippen molar-refractivity contribution in [1.82, 2.24) is 0 Å². The summed E-state index contributed by atoms with van der Waals surface area (Å²) in [6, 6.07) is 16.9. The van der Waals surface area contributed by atoms with Gasteiger partial charge in [0.05, 0.1) is 12.5 Å². The van der Waals surface area contributed by atoms with Crippen molar-refractivity contribution in [2.24, 2.45) is 0 Å². The van der Waals surface area contributed by atoms with Gasteiger partial charge >= 0.3 is 0 Å². The van der Waals surface area contributed by atoms with Gasteiger partial charge in [0.15, 0.2) is 0 Å². The normalized spacial score (nSPS) is 10.5. The zero-order valence-electron chi connectivity index (χ0n) is 15.7. The number of aromatic carboxylic acids is 1. The molecule has 3 N–H and O–H groups in total. The van der Waals surface area contributed by atoms with Gasteiger partial charge in [-0.15, -0.1) is 0 Å². The van der Waals surface area contributed by atoms with E-state index in [9.17, 15) is 9.90 Å². The number of carbonyl (C=O) groups excluding carboxylic acids is 1. The molecule has 138 valence electrons. The summed E-state index contributed by atoms with van der Waals surface area (Å²) in [7, 11) is 0. The van der Waals surface area contributed by atoms with E-state index in [0.717, 1.165) is 28.1 Å². The molecule has 0 saturated heterocycles. The number of carboxylic acids is 1. The van der Waals surface area contributed by atoms with Crippen LogP contribution in [0.5, 0.6) is 0 Å². The van der Waals surface area contributed by atoms with Gasteiger partial charge in [-0.1, -0.05) is 81.1 Å². The Hall–Kier alpha value is -2.39. The van der Waals surface area contributed by atoms with Crippen molar-refractivity contribution in [2.75, 3.05) is 6.54 Å². The van der Waals surface area contributed by atoms with Crippen LogP contribution in [-0.4, -0.2) is 12.5 Å². The van der Waals surface area contributed by atoms with E-state index in [-0.39, 0.29) is 5.56 Å². The van der Waals surface area contributed by atoms with E-state index in [4.69, 9.17) is 0 Å². The van der Waals surface area contributed by atoms with Gasteiger partial charge in [0, 0.05) is 5.56 Å². The van der Waals surface area contributed by atoms with Gasteiger partial charge < -0.3 is 15.6 Å². The molecule has 3 aromatic carbocycles. The summed E-state index contributed by atoms with van der Waals surface area (Å²) in [6.45, 7) is 3.37. The van der Waals surface area contributed by atoms with Crippen molar-refractivity contribution in [2.45, 2.75) is 45.4 Å². The molecule has 0 amide bonds. The molecule has 3 nitrogen and oxygen atoms in total. The van der Waals surface area contributed by atoms with Crippen molar-refractivity contribution in [1.29, 1.82) is 0 Å². The van der Waals surface area contributed by atoms with E-state index in [1.807, 2.05) is 54.6 Å². The highest BCUT2D eigenvalue weighted by atomic mass is 16.4. The fraction of sp³-hybridized carbons (Fsp3) is 0.348. The number of fused-ring (bicyclic) bond motifs is 2. The number of carboxylic acid groups (broad SMARTS) is 1. The molecule has 0 aliphatic rings. The molecule has 0 aliphatic carbocycles. The number of hydrogen-bond donors (Lipinski definition) is 1. The van der Waals surface area contributed by atoms with Gasteiger partial charge in [-0.25, -0.2) is 0 Å². The Bertz CT molecular complexity index is 782. The van der Waals surface area contributed by atoms with Crippen LogP contribution in [0.2, 0.25) is 0 Å². The number of hydrogen-bond acceptors (Lipinski definition) is 2. The Balaban J connectivity index is 0.000000232. The molecule has 0 aromatic heterocycles. The molecule has 0 unspecified atom stereocenters. The Kier molecular flexibility index (Phi) is 8.10. The van der Waals surface area contributed by atoms with E-state index >= 15 is 0 Å². The van der Waals surface area contributed by atoms with E-state index in [1.165, 1.54) is 38.5 Å². The second-order valence-corrected chi connectivity index (χ2v) is 6.60. The number of carbonyl (C=O) groups is 1. The van der Waals surface area contributed by atoms with Crippen LogP contribution >= 0.6 is 0 Å². The summed E-state index contributed by atoms with van der Waals surface area (Å²) in [6.07, 6.45) is 8.33. The predicted octanol–water partition coefficient (Wildman–Crippen LogP) is 3.95. The smallest absolute Gasteiger partial charge is 0.0739 e. The molecular weight excluding hydrogens is 322 g/mol. The molecule has 0 heterocycles. The quantitative estimate of drug-likeness (QED) is 0.517. The van der Waals surface area contributed by atoms with Crippen molar-refractivity contribution >= 4 is 27.5 Å². The molecule has 0 spiro atoms. The molecule has 3 rings (SSSR count). The first-order valence-corrected chi connectivity index (χ1v) is 9.60. The molecular formula is C23H29NO2. The minimum Gasteiger partial charge on any atom is -0.545 e. The summed E-state index contributed by atoms with van der Waals surface area (Å²) in [5, 5.41) is 14.6. The van der Waals surface area contributed by atoms with E-state index < -0.39 is 5.97 Å². The van der Waals surface area contributed by atoms with Gasteiger partial charge in [0.25, 0.3) is 0 Å². The number of rotatable bonds is 7. The van der Waals surface area contributed by atoms with Crippen LogP contribution in [0.3, 0.4) is 0 Å². The number of quaternary nitrogens is 1. The number of benzene rings is 3. The van der Waals surface area contributed by atoms with Crippen molar-refractivity contribution < 1.29 is 15.6 Å². The zero-order valence-corrected chi connectivity index (χ0v) is 15.7. The molecule has 0 fully saturated rings. The SMILES string of the molecule is CCCCCCCC[NH3+].O=C([O-])c1c2ccccc2cc2ccccc12. The lowest BCUT2D eigenvalue weighted by molar-refractivity contribution is -0.368. The van der Waals surface area contributed by atoms with E-state index in [1.54, 1.807) is 0 Å². The second-order valence-electron chi connectivity index (χ2n) is 6.60. The van der Waals surface area contributed by atoms with Crippen molar-refractivity contribution in [3.05, 3.63) is 60.2 Å². The highest BCUT2D eigenvalue weighted by Gasteiger charge is 2.07. The monoisotopic (exact) mass is 351 g/mol. The molecule has 0 atom stereocenters. The summed E-state index contributed by atoms with van der Waals surface area (Å²) in [4.78, 5) is 11.3. The lowest BCUT2D eigenvalue weighted by Crippen LogP contribution is -2.50. The van der Waals surface area contributed by atoms with Crippen LogP contribution in [0.4, 0.5) is 0 Å². The fourth-order valence-corrected chi connectivity index (χ4v) is 3.19. The standard InChI is InChI=1S/C15H10O2.C8H19N/c16-15(17)14-12-7-3-1-5-10(12)9-11-6-2-4-8-13(11)14;1-2-3-4-5-6-7-8-9/h1-9H,(H,16,17);2-9H2,1H3. The van der Waals surface area contributed by atoms with E-state index in [0.29, 0.717) is 0 Å². The third-order valence-corrected chi connectivity index (χ3v) is 4.58. The molecule has 0 saturated carbocycles. The molecule has 3 heteroatoms. The van der Waals surface area contributed by atoms with Crippen LogP contribution < -0.4 is 10.8 Å². The maximum Gasteiger partial charge on any atom is 0.0739 e. The molecule has 0 aliphatic heterocycles. The number of unbranched alkanes of at least 4 members (excludes halogenated alkanes) is 5. The van der Waals surface area contributed by atoms with Crippen LogP contribution in [0, 0.1) is 0 Å². The summed E-state index contributed by atoms with van der Waals surface area (Å²) < 4.78 is 0. The fourth-order valence-electron chi connectivity index (χ4n) is 3.19. The average Bonchev–Trinajstić information content (AvgIpc) is 2.66. The Morgan fingerprint density at radius 3 is 1.85 bits per heavy atom. The lowest BCUT2D eigenvalue weighted by Gasteiger charge is -2.11. The Labute approximate surface area is 155 Å². The highest BCUT2D eigenvalue weighted by molar-refractivity contribution is 6.15. The van der Waals surface area contributed by atoms with Crippen LogP contribution in [0.25, 0.3) is 21.5 Å². The van der Waals surface area contributed by atoms with Crippen molar-refractivity contribution in [3.63, 3.8) is 0 Å². The molecule has 3 aromatic rings. The van der Waals surface area contributed by atoms with Crippen molar-refractivity contribution in [3.8, 4) is 0 Å². The minimum absolute atomic E-state index is 0.277. The first-order chi connectivity index (χ1) is 12.7. The van der Waals surface area contributed by atoms with Crippen LogP contribution in [0.15, 0.2) is 54.6 Å². The predicted molar refractivity (Wildman–Crippen MR) is 107 cm³/mol. The lowest BCUT2D eigenvalue weighted by atomic mass is 9.97. The van der Waals surface area contributed by atoms with Gasteiger partial charge in [0.1, 0.15) is 0 Å². The molecule has 26 heavy (non-hydrogen) atoms. The summed E-state index contributed by atoms with van der Waals surface area (Å²) in [5.74, 6) is -1.13. The van der Waals surface area contributed by atoms with Gasteiger partial charge in [0.2, 0.25) is 0 Å². The third-order valence-electron chi connectivity index (χ3n) is 4.58. The van der Waals surface area contributed by atoms with Crippen LogP contribution in [-0.2, 0) is 0 Å². The Morgan fingerprint density at radius 1 is 0.846 bits per heavy atom. The average molecular weight is 351 g/mol. The highest BCUT2D eigenvalue weighted by Crippen LogP contribution is 2.27. The molecule has 0 radical (unpaired) electrons. The van der Waals surface area contributed by atoms with Gasteiger partial charge in [-0.2, -0.15) is 0 Å². The zero-order chi connectivity index (χ0) is 18.8. The van der Waals surface area contributed by atoms with Gasteiger partial charge in [-0.3, -0.25) is 0 Å². The maximum atomic E-state index is 11.3. The third kappa shape index (κ3) is 5.30.